The molecule has 0 radical (unpaired) electrons. The molecule has 0 amide bonds. The Kier molecular flexibility index (Phi) is 3.28. The summed E-state index contributed by atoms with van der Waals surface area (Å²) in [6.45, 7) is 2.64. The molecule has 20 heavy (non-hydrogen) atoms. The maximum absolute atomic E-state index is 12.1. The number of rotatable bonds is 3. The van der Waals surface area contributed by atoms with Gasteiger partial charge in [-0.25, -0.2) is 4.79 Å². The van der Waals surface area contributed by atoms with Gasteiger partial charge in [-0.2, -0.15) is 0 Å². The van der Waals surface area contributed by atoms with Crippen LogP contribution in [0.3, 0.4) is 0 Å². The van der Waals surface area contributed by atoms with Gasteiger partial charge in [0, 0.05) is 5.39 Å². The van der Waals surface area contributed by atoms with Crippen molar-refractivity contribution in [3.05, 3.63) is 57.9 Å². The fourth-order valence-electron chi connectivity index (χ4n) is 2.55. The first kappa shape index (κ1) is 12.9. The zero-order chi connectivity index (χ0) is 14.1. The summed E-state index contributed by atoms with van der Waals surface area (Å²) in [6.07, 6.45) is 1.81. The summed E-state index contributed by atoms with van der Waals surface area (Å²) >= 11 is 0. The van der Waals surface area contributed by atoms with Crippen LogP contribution in [0.25, 0.3) is 21.7 Å². The Bertz CT molecular complexity index is 833. The topological polar surface area (TPSA) is 56.2 Å². The monoisotopic (exact) mass is 267 g/mol. The van der Waals surface area contributed by atoms with E-state index in [0.717, 1.165) is 34.7 Å². The first-order valence-corrected chi connectivity index (χ1v) is 6.85. The van der Waals surface area contributed by atoms with Gasteiger partial charge in [-0.15, -0.1) is 0 Å². The Labute approximate surface area is 117 Å². The van der Waals surface area contributed by atoms with Crippen LogP contribution >= 0.6 is 0 Å². The summed E-state index contributed by atoms with van der Waals surface area (Å²) in [6, 6.07) is 11.9. The highest BCUT2D eigenvalue weighted by atomic mass is 16.4. The molecule has 2 aromatic carbocycles. The summed E-state index contributed by atoms with van der Waals surface area (Å²) in [5, 5.41) is 2.58. The van der Waals surface area contributed by atoms with E-state index in [-0.39, 0.29) is 5.63 Å². The highest BCUT2D eigenvalue weighted by molar-refractivity contribution is 6.04. The van der Waals surface area contributed by atoms with Crippen LogP contribution in [0.5, 0.6) is 0 Å². The lowest BCUT2D eigenvalue weighted by Gasteiger charge is -2.06. The Balaban J connectivity index is 2.26. The predicted molar refractivity (Wildman–Crippen MR) is 82.1 cm³/mol. The summed E-state index contributed by atoms with van der Waals surface area (Å²) in [5.41, 5.74) is 8.12. The van der Waals surface area contributed by atoms with E-state index in [0.29, 0.717) is 17.5 Å². The minimum absolute atomic E-state index is 0.271. The van der Waals surface area contributed by atoms with E-state index in [1.165, 1.54) is 0 Å². The predicted octanol–water partition coefficient (Wildman–Crippen LogP) is 3.15. The van der Waals surface area contributed by atoms with Crippen molar-refractivity contribution in [3.8, 4) is 0 Å². The standard InChI is InChI=1S/C17H17NO2/c1-11-4-6-14-13-7-5-12(3-2-8-18)10-15(13)17(19)20-16(14)9-11/h4-7,9-10H,2-3,8,18H2,1H3. The van der Waals surface area contributed by atoms with E-state index in [2.05, 4.69) is 6.07 Å². The van der Waals surface area contributed by atoms with Crippen molar-refractivity contribution in [2.24, 2.45) is 5.73 Å². The van der Waals surface area contributed by atoms with Crippen molar-refractivity contribution in [1.29, 1.82) is 0 Å². The van der Waals surface area contributed by atoms with E-state index in [1.807, 2.05) is 37.3 Å². The van der Waals surface area contributed by atoms with Crippen molar-refractivity contribution < 1.29 is 4.42 Å². The molecule has 3 aromatic rings. The zero-order valence-electron chi connectivity index (χ0n) is 11.5. The Hall–Kier alpha value is -2.13. The van der Waals surface area contributed by atoms with Gasteiger partial charge in [0.05, 0.1) is 5.39 Å². The average molecular weight is 267 g/mol. The first-order chi connectivity index (χ1) is 9.69. The molecule has 3 rings (SSSR count). The number of aryl methyl sites for hydroxylation is 2. The lowest BCUT2D eigenvalue weighted by molar-refractivity contribution is 0.569. The highest BCUT2D eigenvalue weighted by Gasteiger charge is 2.08. The maximum Gasteiger partial charge on any atom is 0.344 e. The number of hydrogen-bond acceptors (Lipinski definition) is 3. The van der Waals surface area contributed by atoms with E-state index in [1.54, 1.807) is 0 Å². The molecule has 0 saturated heterocycles. The van der Waals surface area contributed by atoms with E-state index in [4.69, 9.17) is 10.2 Å². The molecule has 0 aliphatic heterocycles. The molecule has 0 saturated carbocycles. The molecule has 1 heterocycles. The van der Waals surface area contributed by atoms with Crippen LogP contribution in [0.1, 0.15) is 17.5 Å². The third-order valence-corrected chi connectivity index (χ3v) is 3.60. The second-order valence-electron chi connectivity index (χ2n) is 5.16. The highest BCUT2D eigenvalue weighted by Crippen LogP contribution is 2.24. The molecule has 0 unspecified atom stereocenters. The van der Waals surface area contributed by atoms with Crippen LogP contribution in [0.4, 0.5) is 0 Å². The maximum atomic E-state index is 12.1. The molecule has 0 aliphatic carbocycles. The van der Waals surface area contributed by atoms with Crippen molar-refractivity contribution in [3.63, 3.8) is 0 Å². The molecule has 3 heteroatoms. The lowest BCUT2D eigenvalue weighted by Crippen LogP contribution is -2.03. The average Bonchev–Trinajstić information content (AvgIpc) is 2.45. The molecular weight excluding hydrogens is 250 g/mol. The molecule has 102 valence electrons. The fraction of sp³-hybridized carbons (Fsp3) is 0.235. The van der Waals surface area contributed by atoms with Gasteiger partial charge in [0.2, 0.25) is 0 Å². The van der Waals surface area contributed by atoms with Crippen LogP contribution in [-0.2, 0) is 6.42 Å². The number of benzene rings is 2. The van der Waals surface area contributed by atoms with Crippen molar-refractivity contribution in [2.45, 2.75) is 19.8 Å². The smallest absolute Gasteiger partial charge is 0.344 e. The zero-order valence-corrected chi connectivity index (χ0v) is 11.5. The van der Waals surface area contributed by atoms with Gasteiger partial charge in [0.15, 0.2) is 0 Å². The molecule has 3 nitrogen and oxygen atoms in total. The number of fused-ring (bicyclic) bond motifs is 3. The van der Waals surface area contributed by atoms with Crippen LogP contribution in [-0.4, -0.2) is 6.54 Å². The Morgan fingerprint density at radius 1 is 1.05 bits per heavy atom. The van der Waals surface area contributed by atoms with Crippen LogP contribution in [0.2, 0.25) is 0 Å². The molecule has 0 fully saturated rings. The fourth-order valence-corrected chi connectivity index (χ4v) is 2.55. The molecule has 0 atom stereocenters. The van der Waals surface area contributed by atoms with Gasteiger partial charge < -0.3 is 10.2 Å². The van der Waals surface area contributed by atoms with Crippen LogP contribution < -0.4 is 11.4 Å². The Morgan fingerprint density at radius 2 is 1.85 bits per heavy atom. The number of hydrogen-bond donors (Lipinski definition) is 1. The molecule has 2 N–H and O–H groups in total. The largest absolute Gasteiger partial charge is 0.422 e. The van der Waals surface area contributed by atoms with Gasteiger partial charge >= 0.3 is 5.63 Å². The third kappa shape index (κ3) is 2.21. The lowest BCUT2D eigenvalue weighted by atomic mass is 10.0. The van der Waals surface area contributed by atoms with E-state index < -0.39 is 0 Å². The minimum Gasteiger partial charge on any atom is -0.422 e. The Morgan fingerprint density at radius 3 is 2.65 bits per heavy atom. The second-order valence-corrected chi connectivity index (χ2v) is 5.16. The van der Waals surface area contributed by atoms with Gasteiger partial charge in [-0.3, -0.25) is 0 Å². The van der Waals surface area contributed by atoms with Gasteiger partial charge in [-0.05, 0) is 55.0 Å². The summed E-state index contributed by atoms with van der Waals surface area (Å²) in [4.78, 5) is 12.1. The summed E-state index contributed by atoms with van der Waals surface area (Å²) in [5.74, 6) is 0. The molecule has 0 aliphatic rings. The van der Waals surface area contributed by atoms with Gasteiger partial charge in [-0.1, -0.05) is 24.3 Å². The second kappa shape index (κ2) is 5.10. The first-order valence-electron chi connectivity index (χ1n) is 6.85. The third-order valence-electron chi connectivity index (χ3n) is 3.60. The quantitative estimate of drug-likeness (QED) is 0.586. The molecule has 1 aromatic heterocycles. The summed E-state index contributed by atoms with van der Waals surface area (Å²) < 4.78 is 5.43. The number of nitrogens with two attached hydrogens (primary N) is 1. The minimum atomic E-state index is -0.271. The molecular formula is C17H17NO2. The van der Waals surface area contributed by atoms with Crippen LogP contribution in [0, 0.1) is 6.92 Å². The van der Waals surface area contributed by atoms with Crippen molar-refractivity contribution >= 4 is 21.7 Å². The molecule has 0 spiro atoms. The SMILES string of the molecule is Cc1ccc2c(c1)oc(=O)c1cc(CCCN)ccc12. The molecule has 0 bridgehead atoms. The van der Waals surface area contributed by atoms with Crippen LogP contribution in [0.15, 0.2) is 45.6 Å². The van der Waals surface area contributed by atoms with Gasteiger partial charge in [0.25, 0.3) is 0 Å². The van der Waals surface area contributed by atoms with Crippen molar-refractivity contribution in [2.75, 3.05) is 6.54 Å². The van der Waals surface area contributed by atoms with Crippen molar-refractivity contribution in [1.82, 2.24) is 0 Å². The van der Waals surface area contributed by atoms with E-state index in [9.17, 15) is 4.79 Å². The van der Waals surface area contributed by atoms with Gasteiger partial charge in [0.1, 0.15) is 5.58 Å². The van der Waals surface area contributed by atoms with E-state index >= 15 is 0 Å². The normalized spacial score (nSPS) is 11.3. The summed E-state index contributed by atoms with van der Waals surface area (Å²) in [7, 11) is 0.